The highest BCUT2D eigenvalue weighted by Crippen LogP contribution is 2.29. The first kappa shape index (κ1) is 16.6. The fourth-order valence-corrected chi connectivity index (χ4v) is 3.86. The first-order chi connectivity index (χ1) is 12.7. The molecule has 4 rings (SSSR count). The summed E-state index contributed by atoms with van der Waals surface area (Å²) in [6.45, 7) is 0.412. The standard InChI is InChI=1S/C19H22N6O/c20-9-13-11-22-19(21-10-12-3-1-2-4-17(12)26)25-18(13)24-16-7-14-5-6-15(8-16)23-14/h1-4,11,14-16,23,26H,5-8,10H2,(H2,21,22,24,25)/t14-,15+,16+. The van der Waals surface area contributed by atoms with E-state index in [0.29, 0.717) is 42.0 Å². The lowest BCUT2D eigenvalue weighted by atomic mass is 10.00. The van der Waals surface area contributed by atoms with Crippen LogP contribution in [0.3, 0.4) is 0 Å². The van der Waals surface area contributed by atoms with Gasteiger partial charge in [0.25, 0.3) is 0 Å². The molecule has 2 saturated heterocycles. The average Bonchev–Trinajstić information content (AvgIpc) is 2.99. The predicted molar refractivity (Wildman–Crippen MR) is 98.8 cm³/mol. The van der Waals surface area contributed by atoms with Crippen molar-refractivity contribution in [2.75, 3.05) is 10.6 Å². The Labute approximate surface area is 152 Å². The van der Waals surface area contributed by atoms with Gasteiger partial charge in [0.2, 0.25) is 5.95 Å². The molecule has 7 nitrogen and oxygen atoms in total. The van der Waals surface area contributed by atoms with Crippen molar-refractivity contribution in [1.82, 2.24) is 15.3 Å². The van der Waals surface area contributed by atoms with Crippen LogP contribution in [0.1, 0.15) is 36.8 Å². The van der Waals surface area contributed by atoms with Crippen LogP contribution >= 0.6 is 0 Å². The molecule has 0 amide bonds. The van der Waals surface area contributed by atoms with Gasteiger partial charge < -0.3 is 21.1 Å². The van der Waals surface area contributed by atoms with Gasteiger partial charge in [0, 0.05) is 30.2 Å². The molecule has 3 heterocycles. The molecule has 3 atom stereocenters. The summed E-state index contributed by atoms with van der Waals surface area (Å²) in [4.78, 5) is 8.71. The third-order valence-electron chi connectivity index (χ3n) is 5.15. The Morgan fingerprint density at radius 1 is 1.23 bits per heavy atom. The molecule has 2 fully saturated rings. The minimum absolute atomic E-state index is 0.233. The van der Waals surface area contributed by atoms with Gasteiger partial charge in [-0.05, 0) is 31.7 Å². The van der Waals surface area contributed by atoms with Crippen LogP contribution in [0.25, 0.3) is 0 Å². The van der Waals surface area contributed by atoms with E-state index in [4.69, 9.17) is 0 Å². The number of nitrogens with one attached hydrogen (secondary N) is 3. The van der Waals surface area contributed by atoms with Gasteiger partial charge in [0.05, 0.1) is 6.20 Å². The van der Waals surface area contributed by atoms with Crippen molar-refractivity contribution < 1.29 is 5.11 Å². The quantitative estimate of drug-likeness (QED) is 0.656. The van der Waals surface area contributed by atoms with Gasteiger partial charge >= 0.3 is 0 Å². The fraction of sp³-hybridized carbons (Fsp3) is 0.421. The zero-order valence-electron chi connectivity index (χ0n) is 14.4. The molecule has 26 heavy (non-hydrogen) atoms. The summed E-state index contributed by atoms with van der Waals surface area (Å²) >= 11 is 0. The number of rotatable bonds is 5. The van der Waals surface area contributed by atoms with Crippen LogP contribution in [0.4, 0.5) is 11.8 Å². The molecule has 0 aliphatic carbocycles. The van der Waals surface area contributed by atoms with Gasteiger partial charge in [-0.2, -0.15) is 10.2 Å². The van der Waals surface area contributed by atoms with Crippen LogP contribution in [-0.2, 0) is 6.54 Å². The number of hydrogen-bond acceptors (Lipinski definition) is 7. The van der Waals surface area contributed by atoms with E-state index < -0.39 is 0 Å². The summed E-state index contributed by atoms with van der Waals surface area (Å²) < 4.78 is 0. The van der Waals surface area contributed by atoms with E-state index in [2.05, 4.69) is 32.0 Å². The van der Waals surface area contributed by atoms with Crippen molar-refractivity contribution in [3.8, 4) is 11.8 Å². The van der Waals surface area contributed by atoms with Gasteiger partial charge in [-0.15, -0.1) is 0 Å². The number of anilines is 2. The lowest BCUT2D eigenvalue weighted by molar-refractivity contribution is 0.377. The monoisotopic (exact) mass is 350 g/mol. The maximum Gasteiger partial charge on any atom is 0.224 e. The van der Waals surface area contributed by atoms with E-state index >= 15 is 0 Å². The molecule has 0 saturated carbocycles. The summed E-state index contributed by atoms with van der Waals surface area (Å²) in [5.41, 5.74) is 1.22. The smallest absolute Gasteiger partial charge is 0.224 e. The van der Waals surface area contributed by atoms with E-state index in [9.17, 15) is 10.4 Å². The lowest BCUT2D eigenvalue weighted by Gasteiger charge is -2.30. The number of benzene rings is 1. The zero-order valence-corrected chi connectivity index (χ0v) is 14.4. The second-order valence-electron chi connectivity index (χ2n) is 7.00. The van der Waals surface area contributed by atoms with Gasteiger partial charge in [-0.1, -0.05) is 18.2 Å². The number of nitrogens with zero attached hydrogens (tertiary/aromatic N) is 3. The molecule has 4 N–H and O–H groups in total. The van der Waals surface area contributed by atoms with E-state index in [0.717, 1.165) is 18.4 Å². The van der Waals surface area contributed by atoms with Crippen LogP contribution in [-0.4, -0.2) is 33.2 Å². The highest BCUT2D eigenvalue weighted by molar-refractivity contribution is 5.54. The summed E-state index contributed by atoms with van der Waals surface area (Å²) in [7, 11) is 0. The number of phenols is 1. The van der Waals surface area contributed by atoms with E-state index in [1.807, 2.05) is 12.1 Å². The Bertz CT molecular complexity index is 821. The average molecular weight is 350 g/mol. The lowest BCUT2D eigenvalue weighted by Crippen LogP contribution is -2.43. The minimum Gasteiger partial charge on any atom is -0.508 e. The summed E-state index contributed by atoms with van der Waals surface area (Å²) in [6, 6.07) is 10.8. The van der Waals surface area contributed by atoms with Crippen molar-refractivity contribution in [2.45, 2.75) is 50.4 Å². The number of hydrogen-bond donors (Lipinski definition) is 4. The third-order valence-corrected chi connectivity index (χ3v) is 5.15. The molecule has 2 bridgehead atoms. The number of aromatic hydroxyl groups is 1. The maximum atomic E-state index is 9.86. The Morgan fingerprint density at radius 3 is 2.73 bits per heavy atom. The van der Waals surface area contributed by atoms with Crippen LogP contribution in [0.2, 0.25) is 0 Å². The van der Waals surface area contributed by atoms with E-state index in [1.165, 1.54) is 19.0 Å². The van der Waals surface area contributed by atoms with Crippen LogP contribution < -0.4 is 16.0 Å². The predicted octanol–water partition coefficient (Wildman–Crippen LogP) is 2.36. The highest BCUT2D eigenvalue weighted by atomic mass is 16.3. The second-order valence-corrected chi connectivity index (χ2v) is 7.00. The number of piperidine rings is 1. The molecule has 0 spiro atoms. The first-order valence-corrected chi connectivity index (χ1v) is 9.01. The van der Waals surface area contributed by atoms with Crippen molar-refractivity contribution in [3.63, 3.8) is 0 Å². The molecule has 0 unspecified atom stereocenters. The van der Waals surface area contributed by atoms with Crippen LogP contribution in [0, 0.1) is 11.3 Å². The fourth-order valence-electron chi connectivity index (χ4n) is 3.86. The molecule has 2 aliphatic rings. The second kappa shape index (κ2) is 7.18. The molecular formula is C19H22N6O. The number of nitriles is 1. The van der Waals surface area contributed by atoms with Crippen LogP contribution in [0.5, 0.6) is 5.75 Å². The Hall–Kier alpha value is -2.85. The van der Waals surface area contributed by atoms with E-state index in [1.54, 1.807) is 12.1 Å². The van der Waals surface area contributed by atoms with E-state index in [-0.39, 0.29) is 5.75 Å². The molecule has 2 aliphatic heterocycles. The van der Waals surface area contributed by atoms with Crippen molar-refractivity contribution in [2.24, 2.45) is 0 Å². The highest BCUT2D eigenvalue weighted by Gasteiger charge is 2.33. The Morgan fingerprint density at radius 2 is 2.00 bits per heavy atom. The van der Waals surface area contributed by atoms with Crippen LogP contribution in [0.15, 0.2) is 30.5 Å². The number of fused-ring (bicyclic) bond motifs is 2. The van der Waals surface area contributed by atoms with Gasteiger partial charge in [-0.3, -0.25) is 0 Å². The molecular weight excluding hydrogens is 328 g/mol. The zero-order chi connectivity index (χ0) is 17.9. The number of phenolic OH excluding ortho intramolecular Hbond substituents is 1. The van der Waals surface area contributed by atoms with Crippen molar-refractivity contribution in [1.29, 1.82) is 5.26 Å². The van der Waals surface area contributed by atoms with Crippen molar-refractivity contribution >= 4 is 11.8 Å². The molecule has 134 valence electrons. The first-order valence-electron chi connectivity index (χ1n) is 9.01. The van der Waals surface area contributed by atoms with Gasteiger partial charge in [-0.25, -0.2) is 4.98 Å². The number of aromatic nitrogens is 2. The topological polar surface area (TPSA) is 106 Å². The summed E-state index contributed by atoms with van der Waals surface area (Å²) in [6.07, 6.45) is 6.09. The maximum absolute atomic E-state index is 9.86. The molecule has 1 aromatic heterocycles. The molecule has 1 aromatic carbocycles. The molecule has 7 heteroatoms. The number of para-hydroxylation sites is 1. The summed E-state index contributed by atoms with van der Waals surface area (Å²) in [5.74, 6) is 1.25. The molecule has 0 radical (unpaired) electrons. The van der Waals surface area contributed by atoms with Gasteiger partial charge in [0.1, 0.15) is 23.2 Å². The largest absolute Gasteiger partial charge is 0.508 e. The Balaban J connectivity index is 1.47. The van der Waals surface area contributed by atoms with Crippen molar-refractivity contribution in [3.05, 3.63) is 41.6 Å². The molecule has 2 aromatic rings. The Kier molecular flexibility index (Phi) is 4.59. The van der Waals surface area contributed by atoms with Gasteiger partial charge in [0.15, 0.2) is 0 Å². The SMILES string of the molecule is N#Cc1cnc(NCc2ccccc2O)nc1N[C@H]1C[C@H]2CC[C@@H](C1)N2. The third kappa shape index (κ3) is 3.55. The summed E-state index contributed by atoms with van der Waals surface area (Å²) in [5, 5.41) is 29.4. The minimum atomic E-state index is 0.233. The normalized spacial score (nSPS) is 24.0.